The Balaban J connectivity index is 1.43. The van der Waals surface area contributed by atoms with Gasteiger partial charge in [0.25, 0.3) is 0 Å². The molecule has 0 saturated carbocycles. The Morgan fingerprint density at radius 2 is 1.81 bits per heavy atom. The van der Waals surface area contributed by atoms with E-state index in [9.17, 15) is 4.79 Å². The molecular formula is C19H20N6O. The van der Waals surface area contributed by atoms with Crippen molar-refractivity contribution in [3.8, 4) is 0 Å². The van der Waals surface area contributed by atoms with Crippen LogP contribution in [0, 0.1) is 0 Å². The molecule has 0 aliphatic carbocycles. The van der Waals surface area contributed by atoms with Crippen LogP contribution in [0.2, 0.25) is 0 Å². The highest BCUT2D eigenvalue weighted by atomic mass is 16.2. The number of anilines is 3. The molecule has 0 spiro atoms. The fourth-order valence-corrected chi connectivity index (χ4v) is 3.09. The summed E-state index contributed by atoms with van der Waals surface area (Å²) in [5.41, 5.74) is 2.75. The quantitative estimate of drug-likeness (QED) is 0.784. The first-order valence-electron chi connectivity index (χ1n) is 8.64. The van der Waals surface area contributed by atoms with Crippen LogP contribution in [0.5, 0.6) is 0 Å². The molecule has 4 rings (SSSR count). The SMILES string of the molecule is CC(=O)N1CCN(c2ccc(Nc3ncc4cccnc4n3)cc2)CC1. The molecule has 1 aliphatic rings. The van der Waals surface area contributed by atoms with E-state index in [-0.39, 0.29) is 5.91 Å². The lowest BCUT2D eigenvalue weighted by Crippen LogP contribution is -2.48. The van der Waals surface area contributed by atoms with Gasteiger partial charge in [-0.25, -0.2) is 9.97 Å². The lowest BCUT2D eigenvalue weighted by Gasteiger charge is -2.35. The highest BCUT2D eigenvalue weighted by Gasteiger charge is 2.18. The van der Waals surface area contributed by atoms with Crippen LogP contribution in [0.1, 0.15) is 6.92 Å². The van der Waals surface area contributed by atoms with Crippen molar-refractivity contribution >= 4 is 34.3 Å². The maximum atomic E-state index is 11.4. The Kier molecular flexibility index (Phi) is 4.35. The fraction of sp³-hybridized carbons (Fsp3) is 0.263. The Morgan fingerprint density at radius 1 is 1.04 bits per heavy atom. The maximum absolute atomic E-state index is 11.4. The molecule has 0 unspecified atom stereocenters. The number of carbonyl (C=O) groups excluding carboxylic acids is 1. The smallest absolute Gasteiger partial charge is 0.229 e. The highest BCUT2D eigenvalue weighted by Crippen LogP contribution is 2.21. The van der Waals surface area contributed by atoms with Gasteiger partial charge < -0.3 is 15.1 Å². The zero-order valence-corrected chi connectivity index (χ0v) is 14.6. The summed E-state index contributed by atoms with van der Waals surface area (Å²) in [6, 6.07) is 12.0. The highest BCUT2D eigenvalue weighted by molar-refractivity contribution is 5.75. The standard InChI is InChI=1S/C19H20N6O/c1-14(26)24-9-11-25(12-10-24)17-6-4-16(5-7-17)22-19-21-13-15-3-2-8-20-18(15)23-19/h2-8,13H,9-12H2,1H3,(H,20,21,22,23). The Labute approximate surface area is 151 Å². The molecule has 1 N–H and O–H groups in total. The molecule has 7 heteroatoms. The van der Waals surface area contributed by atoms with E-state index in [1.54, 1.807) is 19.3 Å². The largest absolute Gasteiger partial charge is 0.368 e. The van der Waals surface area contributed by atoms with Crippen molar-refractivity contribution in [2.45, 2.75) is 6.92 Å². The molecular weight excluding hydrogens is 328 g/mol. The lowest BCUT2D eigenvalue weighted by molar-refractivity contribution is -0.129. The minimum atomic E-state index is 0.147. The van der Waals surface area contributed by atoms with Crippen LogP contribution in [0.25, 0.3) is 11.0 Å². The number of carbonyl (C=O) groups is 1. The Hall–Kier alpha value is -3.22. The predicted molar refractivity (Wildman–Crippen MR) is 102 cm³/mol. The van der Waals surface area contributed by atoms with E-state index in [0.29, 0.717) is 11.6 Å². The van der Waals surface area contributed by atoms with E-state index in [2.05, 4.69) is 37.3 Å². The summed E-state index contributed by atoms with van der Waals surface area (Å²) in [6.45, 7) is 4.87. The van der Waals surface area contributed by atoms with Crippen LogP contribution in [0.3, 0.4) is 0 Å². The average Bonchev–Trinajstić information content (AvgIpc) is 2.68. The predicted octanol–water partition coefficient (Wildman–Crippen LogP) is 2.44. The van der Waals surface area contributed by atoms with Crippen LogP contribution < -0.4 is 10.2 Å². The first-order chi connectivity index (χ1) is 12.7. The number of amides is 1. The van der Waals surface area contributed by atoms with Crippen molar-refractivity contribution in [2.24, 2.45) is 0 Å². The van der Waals surface area contributed by atoms with Gasteiger partial charge in [0, 0.05) is 62.3 Å². The normalized spacial score (nSPS) is 14.5. The third-order valence-electron chi connectivity index (χ3n) is 4.57. The third kappa shape index (κ3) is 3.42. The van der Waals surface area contributed by atoms with Gasteiger partial charge in [-0.15, -0.1) is 0 Å². The van der Waals surface area contributed by atoms with Crippen LogP contribution >= 0.6 is 0 Å². The zero-order valence-electron chi connectivity index (χ0n) is 14.6. The summed E-state index contributed by atoms with van der Waals surface area (Å²) in [6.07, 6.45) is 3.49. The topological polar surface area (TPSA) is 74.2 Å². The molecule has 0 radical (unpaired) electrons. The van der Waals surface area contributed by atoms with Gasteiger partial charge in [0.05, 0.1) is 0 Å². The number of hydrogen-bond acceptors (Lipinski definition) is 6. The summed E-state index contributed by atoms with van der Waals surface area (Å²) in [4.78, 5) is 28.6. The van der Waals surface area contributed by atoms with E-state index >= 15 is 0 Å². The van der Waals surface area contributed by atoms with Crippen LogP contribution in [0.4, 0.5) is 17.3 Å². The maximum Gasteiger partial charge on any atom is 0.229 e. The number of rotatable bonds is 3. The van der Waals surface area contributed by atoms with Gasteiger partial charge in [-0.2, -0.15) is 4.98 Å². The van der Waals surface area contributed by atoms with E-state index in [4.69, 9.17) is 0 Å². The fourth-order valence-electron chi connectivity index (χ4n) is 3.09. The van der Waals surface area contributed by atoms with Crippen molar-refractivity contribution in [1.82, 2.24) is 19.9 Å². The number of hydrogen-bond donors (Lipinski definition) is 1. The van der Waals surface area contributed by atoms with Crippen LogP contribution in [-0.2, 0) is 4.79 Å². The molecule has 2 aromatic heterocycles. The van der Waals surface area contributed by atoms with E-state index < -0.39 is 0 Å². The minimum absolute atomic E-state index is 0.147. The second-order valence-corrected chi connectivity index (χ2v) is 6.27. The Bertz CT molecular complexity index is 919. The first-order valence-corrected chi connectivity index (χ1v) is 8.64. The number of piperazine rings is 1. The lowest BCUT2D eigenvalue weighted by atomic mass is 10.2. The summed E-state index contributed by atoms with van der Waals surface area (Å²) in [5.74, 6) is 0.674. The summed E-state index contributed by atoms with van der Waals surface area (Å²) >= 11 is 0. The average molecular weight is 348 g/mol. The van der Waals surface area contributed by atoms with Crippen LogP contribution in [-0.4, -0.2) is 51.9 Å². The second kappa shape index (κ2) is 6.95. The van der Waals surface area contributed by atoms with Gasteiger partial charge >= 0.3 is 0 Å². The number of aromatic nitrogens is 3. The molecule has 1 aliphatic heterocycles. The van der Waals surface area contributed by atoms with Gasteiger partial charge in [-0.05, 0) is 36.4 Å². The van der Waals surface area contributed by atoms with Gasteiger partial charge in [-0.1, -0.05) is 0 Å². The third-order valence-corrected chi connectivity index (χ3v) is 4.57. The minimum Gasteiger partial charge on any atom is -0.368 e. The van der Waals surface area contributed by atoms with E-state index in [1.807, 2.05) is 29.2 Å². The summed E-state index contributed by atoms with van der Waals surface area (Å²) in [5, 5.41) is 4.13. The second-order valence-electron chi connectivity index (χ2n) is 6.27. The number of benzene rings is 1. The van der Waals surface area contributed by atoms with E-state index in [1.165, 1.54) is 0 Å². The van der Waals surface area contributed by atoms with Gasteiger partial charge in [0.2, 0.25) is 11.9 Å². The molecule has 26 heavy (non-hydrogen) atoms. The number of nitrogens with zero attached hydrogens (tertiary/aromatic N) is 5. The molecule has 3 heterocycles. The molecule has 3 aromatic rings. The van der Waals surface area contributed by atoms with Crippen LogP contribution in [0.15, 0.2) is 48.8 Å². The molecule has 1 amide bonds. The van der Waals surface area contributed by atoms with Crippen molar-refractivity contribution in [1.29, 1.82) is 0 Å². The Morgan fingerprint density at radius 3 is 2.54 bits per heavy atom. The molecule has 7 nitrogen and oxygen atoms in total. The molecule has 1 fully saturated rings. The first kappa shape index (κ1) is 16.3. The summed E-state index contributed by atoms with van der Waals surface area (Å²) in [7, 11) is 0. The molecule has 1 saturated heterocycles. The molecule has 1 aromatic carbocycles. The zero-order chi connectivity index (χ0) is 17.9. The van der Waals surface area contributed by atoms with Gasteiger partial charge in [0.15, 0.2) is 5.65 Å². The summed E-state index contributed by atoms with van der Waals surface area (Å²) < 4.78 is 0. The van der Waals surface area contributed by atoms with Gasteiger partial charge in [-0.3, -0.25) is 4.79 Å². The number of pyridine rings is 1. The number of fused-ring (bicyclic) bond motifs is 1. The van der Waals surface area contributed by atoms with Crippen molar-refractivity contribution in [3.63, 3.8) is 0 Å². The molecule has 0 atom stereocenters. The van der Waals surface area contributed by atoms with Crippen molar-refractivity contribution in [2.75, 3.05) is 36.4 Å². The monoisotopic (exact) mass is 348 g/mol. The number of nitrogens with one attached hydrogen (secondary N) is 1. The molecule has 0 bridgehead atoms. The van der Waals surface area contributed by atoms with Gasteiger partial charge in [0.1, 0.15) is 0 Å². The van der Waals surface area contributed by atoms with Crippen molar-refractivity contribution < 1.29 is 4.79 Å². The van der Waals surface area contributed by atoms with Crippen molar-refractivity contribution in [3.05, 3.63) is 48.8 Å². The molecule has 132 valence electrons. The van der Waals surface area contributed by atoms with E-state index in [0.717, 1.165) is 42.9 Å².